The number of amides is 2. The number of likely N-dealkylation sites (tertiary alicyclic amines) is 1. The van der Waals surface area contributed by atoms with E-state index in [0.29, 0.717) is 19.4 Å². The van der Waals surface area contributed by atoms with E-state index in [1.807, 2.05) is 75.4 Å². The number of hydrogen-bond acceptors (Lipinski definition) is 6. The SMILES string of the molecule is CC(C)(C)N1CC=C[C@]23O[C@@]4(C)/C=C\CCCOC(=O)[C@H]4[C@H]2C(=O)N([C@@H](CO)Cc2ccccc2)C3C1=O. The summed E-state index contributed by atoms with van der Waals surface area (Å²) in [5.41, 5.74) is -2.08. The highest BCUT2D eigenvalue weighted by atomic mass is 16.6. The minimum Gasteiger partial charge on any atom is -0.465 e. The molecule has 5 rings (SSSR count). The number of cyclic esters (lactones) is 1. The third-order valence-electron chi connectivity index (χ3n) is 8.42. The summed E-state index contributed by atoms with van der Waals surface area (Å²) in [7, 11) is 0. The van der Waals surface area contributed by atoms with Crippen molar-refractivity contribution in [1.82, 2.24) is 9.80 Å². The van der Waals surface area contributed by atoms with Crippen LogP contribution in [0.25, 0.3) is 0 Å². The smallest absolute Gasteiger partial charge is 0.313 e. The van der Waals surface area contributed by atoms with Crippen LogP contribution in [0.3, 0.4) is 0 Å². The van der Waals surface area contributed by atoms with Gasteiger partial charge in [-0.1, -0.05) is 54.6 Å². The van der Waals surface area contributed by atoms with E-state index >= 15 is 0 Å². The third kappa shape index (κ3) is 4.18. The Morgan fingerprint density at radius 2 is 1.79 bits per heavy atom. The number of rotatable bonds is 4. The molecule has 1 aromatic carbocycles. The Labute approximate surface area is 224 Å². The lowest BCUT2D eigenvalue weighted by Gasteiger charge is -2.43. The number of carbonyl (C=O) groups is 3. The molecule has 8 heteroatoms. The van der Waals surface area contributed by atoms with Crippen LogP contribution in [0.5, 0.6) is 0 Å². The summed E-state index contributed by atoms with van der Waals surface area (Å²) < 4.78 is 12.4. The van der Waals surface area contributed by atoms with Crippen molar-refractivity contribution < 1.29 is 29.0 Å². The number of fused-ring (bicyclic) bond motifs is 2. The van der Waals surface area contributed by atoms with Gasteiger partial charge in [0.05, 0.1) is 30.8 Å². The maximum atomic E-state index is 14.5. The molecule has 2 amide bonds. The fourth-order valence-electron chi connectivity index (χ4n) is 6.71. The Kier molecular flexibility index (Phi) is 6.76. The Balaban J connectivity index is 1.67. The van der Waals surface area contributed by atoms with Gasteiger partial charge in [0.15, 0.2) is 0 Å². The molecular formula is C30H38N2O6. The summed E-state index contributed by atoms with van der Waals surface area (Å²) in [5, 5.41) is 10.6. The highest BCUT2D eigenvalue weighted by Crippen LogP contribution is 2.57. The Morgan fingerprint density at radius 3 is 2.47 bits per heavy atom. The molecule has 38 heavy (non-hydrogen) atoms. The molecule has 1 unspecified atom stereocenters. The van der Waals surface area contributed by atoms with Crippen LogP contribution in [-0.2, 0) is 30.3 Å². The maximum Gasteiger partial charge on any atom is 0.313 e. The summed E-state index contributed by atoms with van der Waals surface area (Å²) in [6.07, 6.45) is 9.31. The molecule has 0 aromatic heterocycles. The number of esters is 1. The lowest BCUT2D eigenvalue weighted by molar-refractivity contribution is -0.162. The van der Waals surface area contributed by atoms with Gasteiger partial charge in [0.1, 0.15) is 17.6 Å². The standard InChI is InChI=1S/C30H38N2O6/c1-28(2,3)31-16-11-15-30-22(23-27(36)37-17-10-6-9-14-29(23,4)38-30)25(34)32(24(30)26(31)35)21(19-33)18-20-12-7-5-8-13-20/h5,7-9,11-15,21-24,33H,6,10,16-19H2,1-4H3/b14-9-/t21-,22+,23-,24?,29+,30+/m1/s1. The molecule has 4 aliphatic rings. The van der Waals surface area contributed by atoms with Gasteiger partial charge in [-0.05, 0) is 52.5 Å². The number of carbonyl (C=O) groups excluding carboxylic acids is 3. The van der Waals surface area contributed by atoms with Gasteiger partial charge >= 0.3 is 5.97 Å². The van der Waals surface area contributed by atoms with Crippen molar-refractivity contribution >= 4 is 17.8 Å². The average Bonchev–Trinajstić information content (AvgIpc) is 3.21. The molecule has 1 aromatic rings. The van der Waals surface area contributed by atoms with E-state index in [9.17, 15) is 19.5 Å². The van der Waals surface area contributed by atoms with Gasteiger partial charge in [-0.3, -0.25) is 14.4 Å². The van der Waals surface area contributed by atoms with Crippen LogP contribution in [-0.4, -0.2) is 81.3 Å². The van der Waals surface area contributed by atoms with Crippen LogP contribution in [0.1, 0.15) is 46.1 Å². The second-order valence-electron chi connectivity index (χ2n) is 12.0. The minimum atomic E-state index is -1.37. The molecule has 0 bridgehead atoms. The number of allylic oxidation sites excluding steroid dienone is 1. The van der Waals surface area contributed by atoms with Crippen molar-refractivity contribution in [1.29, 1.82) is 0 Å². The summed E-state index contributed by atoms with van der Waals surface area (Å²) >= 11 is 0. The minimum absolute atomic E-state index is 0.252. The van der Waals surface area contributed by atoms with Crippen molar-refractivity contribution in [3.05, 3.63) is 60.2 Å². The molecule has 0 saturated carbocycles. The summed E-state index contributed by atoms with van der Waals surface area (Å²) in [5.74, 6) is -2.99. The largest absolute Gasteiger partial charge is 0.465 e. The van der Waals surface area contributed by atoms with Crippen LogP contribution in [0.4, 0.5) is 0 Å². The zero-order valence-electron chi connectivity index (χ0n) is 22.6. The quantitative estimate of drug-likeness (QED) is 0.483. The van der Waals surface area contributed by atoms with Gasteiger partial charge in [0.2, 0.25) is 11.8 Å². The summed E-state index contributed by atoms with van der Waals surface area (Å²) in [6, 6.07) is 7.87. The van der Waals surface area contributed by atoms with Gasteiger partial charge in [0, 0.05) is 12.1 Å². The van der Waals surface area contributed by atoms with E-state index in [-0.39, 0.29) is 25.0 Å². The lowest BCUT2D eigenvalue weighted by atomic mass is 9.74. The molecule has 8 nitrogen and oxygen atoms in total. The number of nitrogens with zero attached hydrogens (tertiary/aromatic N) is 2. The predicted molar refractivity (Wildman–Crippen MR) is 141 cm³/mol. The first-order valence-electron chi connectivity index (χ1n) is 13.5. The molecule has 2 saturated heterocycles. The highest BCUT2D eigenvalue weighted by Gasteiger charge is 2.75. The second kappa shape index (κ2) is 9.65. The fourth-order valence-corrected chi connectivity index (χ4v) is 6.71. The van der Waals surface area contributed by atoms with Crippen LogP contribution < -0.4 is 0 Å². The van der Waals surface area contributed by atoms with Gasteiger partial charge in [0.25, 0.3) is 0 Å². The fraction of sp³-hybridized carbons (Fsp3) is 0.567. The van der Waals surface area contributed by atoms with E-state index in [4.69, 9.17) is 9.47 Å². The van der Waals surface area contributed by atoms with Gasteiger partial charge in [-0.25, -0.2) is 0 Å². The first kappa shape index (κ1) is 26.6. The highest BCUT2D eigenvalue weighted by molar-refractivity contribution is 5.99. The normalized spacial score (nSPS) is 34.9. The summed E-state index contributed by atoms with van der Waals surface area (Å²) in [4.78, 5) is 45.7. The topological polar surface area (TPSA) is 96.4 Å². The average molecular weight is 523 g/mol. The number of ether oxygens (including phenoxy) is 2. The van der Waals surface area contributed by atoms with E-state index in [1.165, 1.54) is 4.90 Å². The lowest BCUT2D eigenvalue weighted by Crippen LogP contribution is -2.61. The zero-order chi connectivity index (χ0) is 27.3. The Morgan fingerprint density at radius 1 is 1.05 bits per heavy atom. The van der Waals surface area contributed by atoms with Crippen LogP contribution >= 0.6 is 0 Å². The van der Waals surface area contributed by atoms with Crippen LogP contribution in [0.15, 0.2) is 54.6 Å². The molecular weight excluding hydrogens is 484 g/mol. The van der Waals surface area contributed by atoms with E-state index in [0.717, 1.165) is 12.0 Å². The third-order valence-corrected chi connectivity index (χ3v) is 8.42. The number of benzene rings is 1. The van der Waals surface area contributed by atoms with Crippen LogP contribution in [0, 0.1) is 11.8 Å². The van der Waals surface area contributed by atoms with Crippen molar-refractivity contribution in [2.24, 2.45) is 11.8 Å². The molecule has 4 heterocycles. The van der Waals surface area contributed by atoms with E-state index in [2.05, 4.69) is 0 Å². The second-order valence-corrected chi connectivity index (χ2v) is 12.0. The molecule has 1 spiro atoms. The van der Waals surface area contributed by atoms with Gasteiger partial charge in [-0.2, -0.15) is 0 Å². The van der Waals surface area contributed by atoms with Crippen molar-refractivity contribution in [3.63, 3.8) is 0 Å². The molecule has 2 fully saturated rings. The molecule has 204 valence electrons. The molecule has 1 N–H and O–H groups in total. The van der Waals surface area contributed by atoms with E-state index in [1.54, 1.807) is 11.8 Å². The van der Waals surface area contributed by atoms with Crippen molar-refractivity contribution in [3.8, 4) is 0 Å². The first-order chi connectivity index (χ1) is 18.0. The molecule has 0 aliphatic carbocycles. The Hall–Kier alpha value is -2.97. The maximum absolute atomic E-state index is 14.5. The van der Waals surface area contributed by atoms with Gasteiger partial charge in [-0.15, -0.1) is 0 Å². The molecule has 6 atom stereocenters. The zero-order valence-corrected chi connectivity index (χ0v) is 22.6. The summed E-state index contributed by atoms with van der Waals surface area (Å²) in [6.45, 7) is 7.95. The predicted octanol–water partition coefficient (Wildman–Crippen LogP) is 2.65. The van der Waals surface area contributed by atoms with Crippen molar-refractivity contribution in [2.75, 3.05) is 19.8 Å². The van der Waals surface area contributed by atoms with Crippen molar-refractivity contribution in [2.45, 2.75) is 75.8 Å². The molecule has 0 radical (unpaired) electrons. The van der Waals surface area contributed by atoms with Gasteiger partial charge < -0.3 is 24.4 Å². The number of aliphatic hydroxyl groups excluding tert-OH is 1. The molecule has 4 aliphatic heterocycles. The number of hydrogen-bond donors (Lipinski definition) is 1. The van der Waals surface area contributed by atoms with E-state index < -0.39 is 46.6 Å². The van der Waals surface area contributed by atoms with Crippen LogP contribution in [0.2, 0.25) is 0 Å². The first-order valence-corrected chi connectivity index (χ1v) is 13.5. The monoisotopic (exact) mass is 522 g/mol. The Bertz CT molecular complexity index is 1160. The number of aliphatic hydroxyl groups is 1.